The molecule has 1 fully saturated rings. The van der Waals surface area contributed by atoms with E-state index >= 15 is 0 Å². The summed E-state index contributed by atoms with van der Waals surface area (Å²) < 4.78 is 24.7. The van der Waals surface area contributed by atoms with E-state index in [1.54, 1.807) is 6.07 Å². The molecular weight excluding hydrogens is 363 g/mol. The van der Waals surface area contributed by atoms with E-state index in [9.17, 15) is 14.0 Å². The van der Waals surface area contributed by atoms with Crippen LogP contribution in [-0.4, -0.2) is 50.9 Å². The standard InChI is InChI=1S/C21H21FN2O4/c1-23-21(26)16-8-13(20(25)24-14-10-27-11-14)7-15-18(12-5-3-2-4-6-12)17(9-22)28-19(15)16/h2-8,14,17-18H,9-11H2,1H3,(H,23,26)(H,24,25)/t17-,18+/m0/s1. The highest BCUT2D eigenvalue weighted by atomic mass is 19.1. The Morgan fingerprint density at radius 2 is 1.89 bits per heavy atom. The lowest BCUT2D eigenvalue weighted by molar-refractivity contribution is -0.00346. The van der Waals surface area contributed by atoms with E-state index in [-0.39, 0.29) is 23.4 Å². The number of hydrogen-bond acceptors (Lipinski definition) is 4. The van der Waals surface area contributed by atoms with Gasteiger partial charge in [0, 0.05) is 18.2 Å². The number of carbonyl (C=O) groups is 2. The van der Waals surface area contributed by atoms with Crippen LogP contribution in [0.2, 0.25) is 0 Å². The minimum atomic E-state index is -0.751. The maximum atomic E-state index is 13.8. The first-order chi connectivity index (χ1) is 13.6. The van der Waals surface area contributed by atoms with Gasteiger partial charge in [0.25, 0.3) is 11.8 Å². The zero-order chi connectivity index (χ0) is 19.7. The lowest BCUT2D eigenvalue weighted by atomic mass is 9.86. The summed E-state index contributed by atoms with van der Waals surface area (Å²) in [5.41, 5.74) is 2.09. The minimum Gasteiger partial charge on any atom is -0.486 e. The molecule has 28 heavy (non-hydrogen) atoms. The molecule has 0 spiro atoms. The second-order valence-electron chi connectivity index (χ2n) is 6.93. The largest absolute Gasteiger partial charge is 0.486 e. The quantitative estimate of drug-likeness (QED) is 0.827. The Bertz CT molecular complexity index is 899. The smallest absolute Gasteiger partial charge is 0.254 e. The highest BCUT2D eigenvalue weighted by Gasteiger charge is 2.39. The fraction of sp³-hybridized carbons (Fsp3) is 0.333. The van der Waals surface area contributed by atoms with Crippen LogP contribution in [0.4, 0.5) is 4.39 Å². The number of ether oxygens (including phenoxy) is 2. The molecule has 2 N–H and O–H groups in total. The third-order valence-corrected chi connectivity index (χ3v) is 5.11. The average molecular weight is 384 g/mol. The predicted molar refractivity (Wildman–Crippen MR) is 101 cm³/mol. The molecule has 0 bridgehead atoms. The fourth-order valence-corrected chi connectivity index (χ4v) is 3.63. The summed E-state index contributed by atoms with van der Waals surface area (Å²) in [6.45, 7) is 0.236. The van der Waals surface area contributed by atoms with Crippen molar-refractivity contribution >= 4 is 11.8 Å². The van der Waals surface area contributed by atoms with Crippen LogP contribution in [-0.2, 0) is 4.74 Å². The molecule has 2 aromatic carbocycles. The molecule has 2 aliphatic rings. The fourth-order valence-electron chi connectivity index (χ4n) is 3.63. The molecule has 2 amide bonds. The Hall–Kier alpha value is -2.93. The Kier molecular flexibility index (Phi) is 5.00. The molecular formula is C21H21FN2O4. The van der Waals surface area contributed by atoms with Gasteiger partial charge >= 0.3 is 0 Å². The van der Waals surface area contributed by atoms with Crippen molar-refractivity contribution in [1.82, 2.24) is 10.6 Å². The number of alkyl halides is 1. The molecule has 1 saturated heterocycles. The van der Waals surface area contributed by atoms with Crippen molar-refractivity contribution in [1.29, 1.82) is 0 Å². The molecule has 0 radical (unpaired) electrons. The van der Waals surface area contributed by atoms with Crippen molar-refractivity contribution < 1.29 is 23.5 Å². The Balaban J connectivity index is 1.80. The Labute approximate surface area is 162 Å². The molecule has 2 aromatic rings. The van der Waals surface area contributed by atoms with Crippen LogP contribution in [0.5, 0.6) is 5.75 Å². The second-order valence-corrected chi connectivity index (χ2v) is 6.93. The van der Waals surface area contributed by atoms with Gasteiger partial charge in [-0.25, -0.2) is 4.39 Å². The number of rotatable bonds is 5. The van der Waals surface area contributed by atoms with Crippen LogP contribution in [0.1, 0.15) is 37.8 Å². The molecule has 0 aromatic heterocycles. The van der Waals surface area contributed by atoms with Gasteiger partial charge in [-0.2, -0.15) is 0 Å². The third-order valence-electron chi connectivity index (χ3n) is 5.11. The van der Waals surface area contributed by atoms with Crippen molar-refractivity contribution in [3.8, 4) is 5.75 Å². The Morgan fingerprint density at radius 3 is 2.50 bits per heavy atom. The van der Waals surface area contributed by atoms with Gasteiger partial charge in [0.1, 0.15) is 18.5 Å². The highest BCUT2D eigenvalue weighted by molar-refractivity contribution is 6.02. The van der Waals surface area contributed by atoms with Gasteiger partial charge in [-0.05, 0) is 17.7 Å². The third kappa shape index (κ3) is 3.22. The highest BCUT2D eigenvalue weighted by Crippen LogP contribution is 2.45. The van der Waals surface area contributed by atoms with Crippen LogP contribution < -0.4 is 15.4 Å². The summed E-state index contributed by atoms with van der Waals surface area (Å²) >= 11 is 0. The molecule has 0 aliphatic carbocycles. The van der Waals surface area contributed by atoms with Crippen molar-refractivity contribution in [3.05, 3.63) is 64.7 Å². The van der Waals surface area contributed by atoms with Crippen molar-refractivity contribution in [2.24, 2.45) is 0 Å². The molecule has 7 heteroatoms. The first-order valence-corrected chi connectivity index (χ1v) is 9.18. The number of hydrogen-bond donors (Lipinski definition) is 2. The number of carbonyl (C=O) groups excluding carboxylic acids is 2. The van der Waals surface area contributed by atoms with Crippen molar-refractivity contribution in [2.75, 3.05) is 26.9 Å². The molecule has 2 aliphatic heterocycles. The van der Waals surface area contributed by atoms with E-state index in [0.717, 1.165) is 5.56 Å². The molecule has 146 valence electrons. The molecule has 0 unspecified atom stereocenters. The first-order valence-electron chi connectivity index (χ1n) is 9.18. The van der Waals surface area contributed by atoms with Crippen LogP contribution in [0.25, 0.3) is 0 Å². The predicted octanol–water partition coefficient (Wildman–Crippen LogP) is 2.04. The van der Waals surface area contributed by atoms with E-state index in [1.165, 1.54) is 13.1 Å². The number of nitrogens with one attached hydrogen (secondary N) is 2. The monoisotopic (exact) mass is 384 g/mol. The van der Waals surface area contributed by atoms with Crippen molar-refractivity contribution in [3.63, 3.8) is 0 Å². The zero-order valence-corrected chi connectivity index (χ0v) is 15.4. The second kappa shape index (κ2) is 7.59. The minimum absolute atomic E-state index is 0.0380. The summed E-state index contributed by atoms with van der Waals surface area (Å²) in [5, 5.41) is 5.44. The van der Waals surface area contributed by atoms with E-state index in [4.69, 9.17) is 9.47 Å². The van der Waals surface area contributed by atoms with Gasteiger partial charge in [0.2, 0.25) is 0 Å². The molecule has 2 atom stereocenters. The maximum absolute atomic E-state index is 13.8. The van der Waals surface area contributed by atoms with Gasteiger partial charge in [-0.3, -0.25) is 9.59 Å². The van der Waals surface area contributed by atoms with E-state index in [1.807, 2.05) is 30.3 Å². The number of benzene rings is 2. The van der Waals surface area contributed by atoms with Gasteiger partial charge in [-0.1, -0.05) is 30.3 Å². The van der Waals surface area contributed by atoms with E-state index < -0.39 is 18.7 Å². The van der Waals surface area contributed by atoms with Gasteiger partial charge < -0.3 is 20.1 Å². The molecule has 2 heterocycles. The van der Waals surface area contributed by atoms with Gasteiger partial charge in [0.15, 0.2) is 0 Å². The number of fused-ring (bicyclic) bond motifs is 1. The van der Waals surface area contributed by atoms with Gasteiger partial charge in [-0.15, -0.1) is 0 Å². The summed E-state index contributed by atoms with van der Waals surface area (Å²) in [6.07, 6.45) is -0.751. The van der Waals surface area contributed by atoms with Crippen LogP contribution in [0.3, 0.4) is 0 Å². The lowest BCUT2D eigenvalue weighted by Gasteiger charge is -2.27. The maximum Gasteiger partial charge on any atom is 0.254 e. The first kappa shape index (κ1) is 18.4. The average Bonchev–Trinajstić information content (AvgIpc) is 3.08. The summed E-state index contributed by atoms with van der Waals surface area (Å²) in [7, 11) is 1.50. The topological polar surface area (TPSA) is 76.7 Å². The lowest BCUT2D eigenvalue weighted by Crippen LogP contribution is -2.48. The SMILES string of the molecule is CNC(=O)c1cc(C(=O)NC2COC2)cc2c1O[C@@H](CF)[C@@H]2c1ccccc1. The summed E-state index contributed by atoms with van der Waals surface area (Å²) in [5.74, 6) is -0.746. The summed E-state index contributed by atoms with van der Waals surface area (Å²) in [6, 6.07) is 12.6. The van der Waals surface area contributed by atoms with E-state index in [2.05, 4.69) is 10.6 Å². The summed E-state index contributed by atoms with van der Waals surface area (Å²) in [4.78, 5) is 25.1. The normalized spacial score (nSPS) is 20.6. The van der Waals surface area contributed by atoms with Crippen LogP contribution in [0.15, 0.2) is 42.5 Å². The number of halogens is 1. The molecule has 6 nitrogen and oxygen atoms in total. The molecule has 4 rings (SSSR count). The van der Waals surface area contributed by atoms with Crippen LogP contribution >= 0.6 is 0 Å². The Morgan fingerprint density at radius 1 is 1.14 bits per heavy atom. The number of amides is 2. The van der Waals surface area contributed by atoms with Crippen molar-refractivity contribution in [2.45, 2.75) is 18.1 Å². The van der Waals surface area contributed by atoms with E-state index in [0.29, 0.717) is 30.1 Å². The van der Waals surface area contributed by atoms with Gasteiger partial charge in [0.05, 0.1) is 30.7 Å². The molecule has 0 saturated carbocycles. The van der Waals surface area contributed by atoms with Crippen LogP contribution in [0, 0.1) is 0 Å². The zero-order valence-electron chi connectivity index (χ0n) is 15.4.